The molecule has 7 heteroatoms. The molecule has 5 rings (SSSR count). The van der Waals surface area contributed by atoms with Gasteiger partial charge in [-0.2, -0.15) is 0 Å². The Bertz CT molecular complexity index is 1290. The van der Waals surface area contributed by atoms with Crippen molar-refractivity contribution in [2.45, 2.75) is 38.0 Å². The molecule has 0 radical (unpaired) electrons. The zero-order chi connectivity index (χ0) is 20.7. The Morgan fingerprint density at radius 3 is 2.70 bits per heavy atom. The largest absolute Gasteiger partial charge is 0.319 e. The molecule has 1 aliphatic rings. The molecular formula is C23H23N5O2. The predicted molar refractivity (Wildman–Crippen MR) is 116 cm³/mol. The number of pyridine rings is 1. The van der Waals surface area contributed by atoms with Gasteiger partial charge in [0, 0.05) is 24.7 Å². The number of fused-ring (bicyclic) bond motifs is 3. The molecule has 1 N–H and O–H groups in total. The van der Waals surface area contributed by atoms with Crippen LogP contribution in [0.4, 0.5) is 5.82 Å². The second kappa shape index (κ2) is 7.40. The molecule has 0 unspecified atom stereocenters. The topological polar surface area (TPSA) is 83.4 Å². The molecule has 0 saturated heterocycles. The van der Waals surface area contributed by atoms with E-state index < -0.39 is 0 Å². The van der Waals surface area contributed by atoms with Gasteiger partial charge < -0.3 is 4.98 Å². The number of hydrogen-bond acceptors (Lipinski definition) is 4. The molecule has 1 fully saturated rings. The molecular weight excluding hydrogens is 378 g/mol. The maximum Gasteiger partial charge on any atom is 0.274 e. The lowest BCUT2D eigenvalue weighted by molar-refractivity contribution is 0.0992. The molecule has 1 aromatic carbocycles. The summed E-state index contributed by atoms with van der Waals surface area (Å²) < 4.78 is 1.95. The lowest BCUT2D eigenvalue weighted by Crippen LogP contribution is -2.27. The van der Waals surface area contributed by atoms with Gasteiger partial charge in [0.15, 0.2) is 0 Å². The minimum Gasteiger partial charge on any atom is -0.319 e. The van der Waals surface area contributed by atoms with Crippen LogP contribution in [0.2, 0.25) is 0 Å². The van der Waals surface area contributed by atoms with E-state index in [0.29, 0.717) is 28.3 Å². The van der Waals surface area contributed by atoms with Crippen LogP contribution >= 0.6 is 0 Å². The van der Waals surface area contributed by atoms with Crippen molar-refractivity contribution in [1.82, 2.24) is 19.4 Å². The zero-order valence-corrected chi connectivity index (χ0v) is 16.8. The molecule has 1 amide bonds. The average molecular weight is 401 g/mol. The first kappa shape index (κ1) is 18.5. The predicted octanol–water partition coefficient (Wildman–Crippen LogP) is 3.90. The minimum atomic E-state index is -0.165. The van der Waals surface area contributed by atoms with E-state index >= 15 is 0 Å². The lowest BCUT2D eigenvalue weighted by atomic mass is 9.88. The van der Waals surface area contributed by atoms with E-state index in [1.807, 2.05) is 22.6 Å². The number of imidazole rings is 1. The van der Waals surface area contributed by atoms with Gasteiger partial charge in [0.05, 0.1) is 17.2 Å². The summed E-state index contributed by atoms with van der Waals surface area (Å²) in [5.74, 6) is 1.68. The Labute approximate surface area is 173 Å². The van der Waals surface area contributed by atoms with E-state index in [9.17, 15) is 9.59 Å². The highest BCUT2D eigenvalue weighted by Crippen LogP contribution is 2.33. The first-order valence-corrected chi connectivity index (χ1v) is 10.4. The molecule has 1 aliphatic carbocycles. The summed E-state index contributed by atoms with van der Waals surface area (Å²) in [6.07, 6.45) is 9.08. The molecule has 0 aliphatic heterocycles. The molecule has 0 bridgehead atoms. The number of rotatable bonds is 3. The SMILES string of the molecule is CN(C(=O)c1ccc2[nH]c(=O)c3cnc(C4CCCCC4)n3c2c1)c1ccccn1. The Morgan fingerprint density at radius 1 is 1.10 bits per heavy atom. The van der Waals surface area contributed by atoms with Crippen LogP contribution < -0.4 is 10.5 Å². The van der Waals surface area contributed by atoms with Gasteiger partial charge in [-0.3, -0.25) is 18.9 Å². The molecule has 30 heavy (non-hydrogen) atoms. The third-order valence-electron chi connectivity index (χ3n) is 6.02. The van der Waals surface area contributed by atoms with E-state index in [4.69, 9.17) is 0 Å². The van der Waals surface area contributed by atoms with E-state index in [1.165, 1.54) is 24.2 Å². The zero-order valence-electron chi connectivity index (χ0n) is 16.8. The van der Waals surface area contributed by atoms with Gasteiger partial charge in [-0.15, -0.1) is 0 Å². The van der Waals surface area contributed by atoms with E-state index in [2.05, 4.69) is 15.0 Å². The number of carbonyl (C=O) groups excluding carboxylic acids is 1. The summed E-state index contributed by atoms with van der Waals surface area (Å²) in [5.41, 5.74) is 2.38. The number of H-pyrrole nitrogens is 1. The van der Waals surface area contributed by atoms with Gasteiger partial charge in [-0.05, 0) is 43.2 Å². The van der Waals surface area contributed by atoms with Crippen LogP contribution in [0.3, 0.4) is 0 Å². The fraction of sp³-hybridized carbons (Fsp3) is 0.304. The quantitative estimate of drug-likeness (QED) is 0.564. The van der Waals surface area contributed by atoms with Crippen molar-refractivity contribution in [3.8, 4) is 0 Å². The second-order valence-electron chi connectivity index (χ2n) is 7.91. The van der Waals surface area contributed by atoms with Crippen molar-refractivity contribution < 1.29 is 4.79 Å². The van der Waals surface area contributed by atoms with Crippen molar-refractivity contribution in [1.29, 1.82) is 0 Å². The third kappa shape index (κ3) is 3.07. The van der Waals surface area contributed by atoms with E-state index in [0.717, 1.165) is 24.2 Å². The second-order valence-corrected chi connectivity index (χ2v) is 7.91. The Kier molecular flexibility index (Phi) is 4.58. The van der Waals surface area contributed by atoms with Gasteiger partial charge in [0.25, 0.3) is 11.5 Å². The van der Waals surface area contributed by atoms with E-state index in [1.54, 1.807) is 37.6 Å². The Morgan fingerprint density at radius 2 is 1.93 bits per heavy atom. The van der Waals surface area contributed by atoms with Gasteiger partial charge in [-0.25, -0.2) is 9.97 Å². The molecule has 4 aromatic rings. The number of nitrogens with one attached hydrogen (secondary N) is 1. The minimum absolute atomic E-state index is 0.158. The molecule has 7 nitrogen and oxygen atoms in total. The highest BCUT2D eigenvalue weighted by atomic mass is 16.2. The van der Waals surface area contributed by atoms with Crippen molar-refractivity contribution in [3.63, 3.8) is 0 Å². The summed E-state index contributed by atoms with van der Waals surface area (Å²) in [5, 5.41) is 0. The van der Waals surface area contributed by atoms with Gasteiger partial charge in [0.2, 0.25) is 0 Å². The fourth-order valence-electron chi connectivity index (χ4n) is 4.42. The first-order chi connectivity index (χ1) is 14.6. The molecule has 3 heterocycles. The highest BCUT2D eigenvalue weighted by molar-refractivity contribution is 6.06. The monoisotopic (exact) mass is 401 g/mol. The van der Waals surface area contributed by atoms with Crippen molar-refractivity contribution in [2.75, 3.05) is 11.9 Å². The van der Waals surface area contributed by atoms with Gasteiger partial charge in [0.1, 0.15) is 17.2 Å². The van der Waals surface area contributed by atoms with Crippen LogP contribution in [0.15, 0.2) is 53.6 Å². The van der Waals surface area contributed by atoms with Crippen molar-refractivity contribution in [2.24, 2.45) is 0 Å². The number of aromatic amines is 1. The number of hydrogen-bond donors (Lipinski definition) is 1. The number of amides is 1. The number of aromatic nitrogens is 4. The molecule has 0 atom stereocenters. The number of anilines is 1. The molecule has 152 valence electrons. The van der Waals surface area contributed by atoms with Crippen LogP contribution in [0.25, 0.3) is 16.6 Å². The summed E-state index contributed by atoms with van der Waals surface area (Å²) in [4.78, 5) is 39.0. The smallest absolute Gasteiger partial charge is 0.274 e. The molecule has 3 aromatic heterocycles. The Balaban J connectivity index is 1.65. The molecule has 1 saturated carbocycles. The summed E-state index contributed by atoms with van der Waals surface area (Å²) in [6, 6.07) is 10.8. The maximum absolute atomic E-state index is 13.1. The number of benzene rings is 1. The van der Waals surface area contributed by atoms with Crippen LogP contribution in [-0.4, -0.2) is 32.3 Å². The standard InChI is InChI=1S/C23H23N5O2/c1-27(20-9-5-6-12-24-20)23(30)16-10-11-17-18(13-16)28-19(22(29)26-17)14-25-21(28)15-7-3-2-4-8-15/h5-6,9-15H,2-4,7-8H2,1H3,(H,26,29). The summed E-state index contributed by atoms with van der Waals surface area (Å²) in [7, 11) is 1.71. The normalized spacial score (nSPS) is 15.0. The maximum atomic E-state index is 13.1. The first-order valence-electron chi connectivity index (χ1n) is 10.4. The van der Waals surface area contributed by atoms with Crippen LogP contribution in [0.5, 0.6) is 0 Å². The van der Waals surface area contributed by atoms with Crippen molar-refractivity contribution >= 4 is 28.3 Å². The highest BCUT2D eigenvalue weighted by Gasteiger charge is 2.23. The van der Waals surface area contributed by atoms with Crippen LogP contribution in [0.1, 0.15) is 54.2 Å². The van der Waals surface area contributed by atoms with Crippen molar-refractivity contribution in [3.05, 3.63) is 70.5 Å². The van der Waals surface area contributed by atoms with Gasteiger partial charge in [-0.1, -0.05) is 25.3 Å². The fourth-order valence-corrected chi connectivity index (χ4v) is 4.42. The number of nitrogens with zero attached hydrogens (tertiary/aromatic N) is 4. The summed E-state index contributed by atoms with van der Waals surface area (Å²) >= 11 is 0. The Hall–Kier alpha value is -3.48. The average Bonchev–Trinajstić information content (AvgIpc) is 3.25. The van der Waals surface area contributed by atoms with Crippen LogP contribution in [0, 0.1) is 0 Å². The lowest BCUT2D eigenvalue weighted by Gasteiger charge is -2.21. The van der Waals surface area contributed by atoms with Crippen LogP contribution in [-0.2, 0) is 0 Å². The third-order valence-corrected chi connectivity index (χ3v) is 6.02. The molecule has 0 spiro atoms. The number of carbonyl (C=O) groups is 1. The van der Waals surface area contributed by atoms with E-state index in [-0.39, 0.29) is 11.5 Å². The summed E-state index contributed by atoms with van der Waals surface area (Å²) in [6.45, 7) is 0. The van der Waals surface area contributed by atoms with Gasteiger partial charge >= 0.3 is 0 Å².